The van der Waals surface area contributed by atoms with Gasteiger partial charge in [0.1, 0.15) is 5.82 Å². The van der Waals surface area contributed by atoms with E-state index < -0.39 is 5.82 Å². The van der Waals surface area contributed by atoms with Crippen LogP contribution in [0.5, 0.6) is 0 Å². The summed E-state index contributed by atoms with van der Waals surface area (Å²) in [5, 5.41) is 3.36. The number of nitrogens with zero attached hydrogens (tertiary/aromatic N) is 3. The number of nitrogens with one attached hydrogen (secondary N) is 1. The van der Waals surface area contributed by atoms with Crippen molar-refractivity contribution in [1.82, 2.24) is 20.1 Å². The van der Waals surface area contributed by atoms with Gasteiger partial charge in [0.05, 0.1) is 22.2 Å². The van der Waals surface area contributed by atoms with Crippen LogP contribution in [-0.2, 0) is 0 Å². The quantitative estimate of drug-likeness (QED) is 0.488. The molecule has 2 aromatic carbocycles. The average molecular weight is 521 g/mol. The van der Waals surface area contributed by atoms with E-state index in [0.717, 1.165) is 31.6 Å². The Morgan fingerprint density at radius 2 is 1.76 bits per heavy atom. The van der Waals surface area contributed by atoms with E-state index >= 15 is 0 Å². The normalized spacial score (nSPS) is 20.0. The zero-order valence-electron chi connectivity index (χ0n) is 20.7. The lowest BCUT2D eigenvalue weighted by atomic mass is 10.0. The van der Waals surface area contributed by atoms with Crippen molar-refractivity contribution in [3.8, 4) is 0 Å². The third kappa shape index (κ3) is 5.53. The zero-order valence-corrected chi connectivity index (χ0v) is 21.5. The number of amides is 2. The van der Waals surface area contributed by atoms with Crippen molar-refractivity contribution >= 4 is 23.4 Å². The van der Waals surface area contributed by atoms with Crippen molar-refractivity contribution in [3.63, 3.8) is 0 Å². The minimum atomic E-state index is -0.577. The lowest BCUT2D eigenvalue weighted by Crippen LogP contribution is -2.35. The highest BCUT2D eigenvalue weighted by Crippen LogP contribution is 2.33. The molecule has 0 bridgehead atoms. The monoisotopic (exact) mass is 520 g/mol. The van der Waals surface area contributed by atoms with Gasteiger partial charge in [-0.1, -0.05) is 48.0 Å². The van der Waals surface area contributed by atoms with Gasteiger partial charge in [0.15, 0.2) is 0 Å². The van der Waals surface area contributed by atoms with E-state index in [0.29, 0.717) is 36.2 Å². The SMILES string of the molecule is Cc1ncccc1C(=O)NC(CCN1CC2CN(C(=O)c3c(F)cccc3Cl)CC2C1)c1ccccc1. The smallest absolute Gasteiger partial charge is 0.258 e. The molecule has 0 spiro atoms. The molecule has 2 aliphatic rings. The van der Waals surface area contributed by atoms with Gasteiger partial charge in [-0.25, -0.2) is 4.39 Å². The molecule has 3 aromatic rings. The van der Waals surface area contributed by atoms with Crippen LogP contribution in [0.25, 0.3) is 0 Å². The van der Waals surface area contributed by atoms with Crippen LogP contribution >= 0.6 is 11.6 Å². The van der Waals surface area contributed by atoms with Crippen LogP contribution in [0.2, 0.25) is 5.02 Å². The van der Waals surface area contributed by atoms with Crippen molar-refractivity contribution in [3.05, 3.63) is 100 Å². The molecule has 0 radical (unpaired) electrons. The predicted octanol–water partition coefficient (Wildman–Crippen LogP) is 4.75. The Morgan fingerprint density at radius 3 is 2.43 bits per heavy atom. The first-order valence-corrected chi connectivity index (χ1v) is 13.0. The fourth-order valence-corrected chi connectivity index (χ4v) is 5.82. The third-order valence-electron chi connectivity index (χ3n) is 7.52. The Labute approximate surface area is 221 Å². The van der Waals surface area contributed by atoms with Crippen LogP contribution in [0.3, 0.4) is 0 Å². The highest BCUT2D eigenvalue weighted by atomic mass is 35.5. The second kappa shape index (κ2) is 11.0. The van der Waals surface area contributed by atoms with Crippen molar-refractivity contribution in [2.24, 2.45) is 11.8 Å². The van der Waals surface area contributed by atoms with Crippen LogP contribution < -0.4 is 5.32 Å². The number of aryl methyl sites for hydroxylation is 1. The van der Waals surface area contributed by atoms with Crippen molar-refractivity contribution in [2.75, 3.05) is 32.7 Å². The fourth-order valence-electron chi connectivity index (χ4n) is 5.58. The average Bonchev–Trinajstić information content (AvgIpc) is 3.46. The van der Waals surface area contributed by atoms with Gasteiger partial charge in [0.2, 0.25) is 0 Å². The molecule has 2 amide bonds. The first-order chi connectivity index (χ1) is 17.9. The molecule has 3 unspecified atom stereocenters. The largest absolute Gasteiger partial charge is 0.345 e. The molecule has 8 heteroatoms. The first-order valence-electron chi connectivity index (χ1n) is 12.6. The molecule has 2 fully saturated rings. The van der Waals surface area contributed by atoms with Gasteiger partial charge < -0.3 is 15.1 Å². The number of benzene rings is 2. The van der Waals surface area contributed by atoms with Gasteiger partial charge in [-0.2, -0.15) is 0 Å². The summed E-state index contributed by atoms with van der Waals surface area (Å²) in [6.45, 7) is 5.61. The topological polar surface area (TPSA) is 65.5 Å². The first kappa shape index (κ1) is 25.4. The molecule has 3 heterocycles. The summed E-state index contributed by atoms with van der Waals surface area (Å²) in [5.41, 5.74) is 2.32. The van der Waals surface area contributed by atoms with Gasteiger partial charge in [0.25, 0.3) is 11.8 Å². The molecule has 2 saturated heterocycles. The van der Waals surface area contributed by atoms with E-state index in [1.807, 2.05) is 37.3 Å². The van der Waals surface area contributed by atoms with Crippen molar-refractivity contribution in [1.29, 1.82) is 0 Å². The van der Waals surface area contributed by atoms with Crippen LogP contribution in [-0.4, -0.2) is 59.3 Å². The number of fused-ring (bicyclic) bond motifs is 1. The van der Waals surface area contributed by atoms with Gasteiger partial charge in [-0.05, 0) is 55.0 Å². The maximum atomic E-state index is 14.3. The minimum absolute atomic E-state index is 0.0358. The molecule has 0 saturated carbocycles. The lowest BCUT2D eigenvalue weighted by molar-refractivity contribution is 0.0769. The van der Waals surface area contributed by atoms with E-state index in [9.17, 15) is 14.0 Å². The van der Waals surface area contributed by atoms with Gasteiger partial charge >= 0.3 is 0 Å². The molecular weight excluding hydrogens is 491 g/mol. The summed E-state index contributed by atoms with van der Waals surface area (Å²) in [7, 11) is 0. The molecule has 37 heavy (non-hydrogen) atoms. The number of hydrogen-bond acceptors (Lipinski definition) is 4. The van der Waals surface area contributed by atoms with E-state index in [-0.39, 0.29) is 28.4 Å². The number of carbonyl (C=O) groups is 2. The molecule has 192 valence electrons. The minimum Gasteiger partial charge on any atom is -0.345 e. The Kier molecular flexibility index (Phi) is 7.53. The number of pyridine rings is 1. The second-order valence-electron chi connectivity index (χ2n) is 9.95. The number of likely N-dealkylation sites (tertiary alicyclic amines) is 2. The number of hydrogen-bond donors (Lipinski definition) is 1. The second-order valence-corrected chi connectivity index (χ2v) is 10.4. The number of carbonyl (C=O) groups excluding carboxylic acids is 2. The Morgan fingerprint density at radius 1 is 1.03 bits per heavy atom. The number of aromatic nitrogens is 1. The maximum Gasteiger partial charge on any atom is 0.258 e. The Balaban J connectivity index is 1.20. The molecule has 6 nitrogen and oxygen atoms in total. The zero-order chi connectivity index (χ0) is 25.9. The Hall–Kier alpha value is -3.29. The van der Waals surface area contributed by atoms with Crippen LogP contribution in [0.1, 0.15) is 44.4 Å². The van der Waals surface area contributed by atoms with E-state index in [2.05, 4.69) is 15.2 Å². The molecular formula is C29H30ClFN4O2. The van der Waals surface area contributed by atoms with Crippen molar-refractivity contribution in [2.45, 2.75) is 19.4 Å². The molecule has 1 N–H and O–H groups in total. The van der Waals surface area contributed by atoms with Gasteiger partial charge in [-0.15, -0.1) is 0 Å². The predicted molar refractivity (Wildman–Crippen MR) is 141 cm³/mol. The van der Waals surface area contributed by atoms with Crippen LogP contribution in [0, 0.1) is 24.6 Å². The highest BCUT2D eigenvalue weighted by Gasteiger charge is 2.42. The molecule has 1 aromatic heterocycles. The van der Waals surface area contributed by atoms with E-state index in [1.165, 1.54) is 12.1 Å². The fraction of sp³-hybridized carbons (Fsp3) is 0.345. The van der Waals surface area contributed by atoms with Crippen LogP contribution in [0.4, 0.5) is 4.39 Å². The standard InChI is InChI=1S/C29H30ClFN4O2/c1-19-23(9-6-13-32-19)28(36)33-26(20-7-3-2-4-8-20)12-14-34-15-21-17-35(18-22(21)16-34)29(37)27-24(30)10-5-11-25(27)31/h2-11,13,21-22,26H,12,14-18H2,1H3,(H,33,36). The summed E-state index contributed by atoms with van der Waals surface area (Å²) < 4.78 is 14.3. The summed E-state index contributed by atoms with van der Waals surface area (Å²) in [5.74, 6) is -0.346. The summed E-state index contributed by atoms with van der Waals surface area (Å²) in [6.07, 6.45) is 2.45. The van der Waals surface area contributed by atoms with Gasteiger partial charge in [-0.3, -0.25) is 14.6 Å². The molecule has 5 rings (SSSR count). The number of rotatable bonds is 7. The van der Waals surface area contributed by atoms with E-state index in [4.69, 9.17) is 11.6 Å². The van der Waals surface area contributed by atoms with E-state index in [1.54, 1.807) is 29.3 Å². The highest BCUT2D eigenvalue weighted by molar-refractivity contribution is 6.33. The molecule has 3 atom stereocenters. The number of halogens is 2. The lowest BCUT2D eigenvalue weighted by Gasteiger charge is -2.25. The summed E-state index contributed by atoms with van der Waals surface area (Å²) in [4.78, 5) is 34.4. The molecule has 2 aliphatic heterocycles. The summed E-state index contributed by atoms with van der Waals surface area (Å²) >= 11 is 6.12. The van der Waals surface area contributed by atoms with Crippen molar-refractivity contribution < 1.29 is 14.0 Å². The Bertz CT molecular complexity index is 1250. The van der Waals surface area contributed by atoms with Crippen LogP contribution in [0.15, 0.2) is 66.9 Å². The third-order valence-corrected chi connectivity index (χ3v) is 7.83. The summed E-state index contributed by atoms with van der Waals surface area (Å²) in [6, 6.07) is 17.8. The van der Waals surface area contributed by atoms with Gasteiger partial charge in [0, 0.05) is 44.6 Å². The maximum absolute atomic E-state index is 14.3. The molecule has 0 aliphatic carbocycles.